The van der Waals surface area contributed by atoms with Gasteiger partial charge in [0.2, 0.25) is 0 Å². The molecule has 0 amide bonds. The molecular formula is C14H11Cl2NO2. The molecule has 0 unspecified atom stereocenters. The van der Waals surface area contributed by atoms with E-state index in [0.29, 0.717) is 27.2 Å². The molecule has 1 aromatic carbocycles. The average molecular weight is 296 g/mol. The van der Waals surface area contributed by atoms with Gasteiger partial charge < -0.3 is 4.74 Å². The molecule has 1 heterocycles. The summed E-state index contributed by atoms with van der Waals surface area (Å²) in [5.74, 6) is 0.332. The van der Waals surface area contributed by atoms with Gasteiger partial charge in [-0.3, -0.25) is 4.79 Å². The van der Waals surface area contributed by atoms with Crippen LogP contribution in [0.15, 0.2) is 36.4 Å². The average Bonchev–Trinajstić information content (AvgIpc) is 2.38. The number of carbonyl (C=O) groups is 1. The summed E-state index contributed by atoms with van der Waals surface area (Å²) in [5, 5.41) is 0.880. The van der Waals surface area contributed by atoms with Crippen molar-refractivity contribution in [3.63, 3.8) is 0 Å². The lowest BCUT2D eigenvalue weighted by molar-refractivity contribution is 0.101. The lowest BCUT2D eigenvalue weighted by Gasteiger charge is -2.09. The molecule has 1 aromatic heterocycles. The largest absolute Gasteiger partial charge is 0.484 e. The third-order valence-electron chi connectivity index (χ3n) is 2.45. The number of hydrogen-bond donors (Lipinski definition) is 0. The monoisotopic (exact) mass is 295 g/mol. The van der Waals surface area contributed by atoms with Crippen LogP contribution in [-0.4, -0.2) is 10.8 Å². The van der Waals surface area contributed by atoms with Crippen molar-refractivity contribution in [2.75, 3.05) is 0 Å². The van der Waals surface area contributed by atoms with Gasteiger partial charge in [0.05, 0.1) is 15.7 Å². The number of nitrogens with zero attached hydrogens (tertiary/aromatic N) is 1. The Balaban J connectivity index is 2.15. The van der Waals surface area contributed by atoms with Gasteiger partial charge in [-0.05, 0) is 24.3 Å². The first-order valence-corrected chi connectivity index (χ1v) is 6.37. The quantitative estimate of drug-likeness (QED) is 0.795. The van der Waals surface area contributed by atoms with E-state index in [2.05, 4.69) is 4.98 Å². The van der Waals surface area contributed by atoms with Crippen LogP contribution in [0.3, 0.4) is 0 Å². The summed E-state index contributed by atoms with van der Waals surface area (Å²) < 4.78 is 5.55. The molecule has 0 aliphatic rings. The van der Waals surface area contributed by atoms with Crippen molar-refractivity contribution in [1.29, 1.82) is 0 Å². The fourth-order valence-electron chi connectivity index (χ4n) is 1.52. The standard InChI is InChI=1S/C14H11Cl2NO2/c1-9(18)13-7-2-4-10(17-13)8-19-14-11(15)5-3-6-12(14)16/h2-7H,8H2,1H3. The maximum Gasteiger partial charge on any atom is 0.178 e. The van der Waals surface area contributed by atoms with Crippen molar-refractivity contribution in [3.8, 4) is 5.75 Å². The molecular weight excluding hydrogens is 285 g/mol. The maximum atomic E-state index is 11.2. The van der Waals surface area contributed by atoms with Gasteiger partial charge in [-0.15, -0.1) is 0 Å². The molecule has 0 spiro atoms. The molecule has 98 valence electrons. The normalized spacial score (nSPS) is 10.3. The fraction of sp³-hybridized carbons (Fsp3) is 0.143. The van der Waals surface area contributed by atoms with Gasteiger partial charge in [0.1, 0.15) is 12.3 Å². The van der Waals surface area contributed by atoms with Crippen molar-refractivity contribution in [2.45, 2.75) is 13.5 Å². The second-order valence-electron chi connectivity index (χ2n) is 3.91. The zero-order chi connectivity index (χ0) is 13.8. The molecule has 0 aliphatic carbocycles. The number of aromatic nitrogens is 1. The van der Waals surface area contributed by atoms with E-state index in [0.717, 1.165) is 0 Å². The molecule has 0 fully saturated rings. The van der Waals surface area contributed by atoms with E-state index in [-0.39, 0.29) is 12.4 Å². The minimum absolute atomic E-state index is 0.0855. The zero-order valence-electron chi connectivity index (χ0n) is 10.2. The van der Waals surface area contributed by atoms with E-state index in [1.54, 1.807) is 36.4 Å². The highest BCUT2D eigenvalue weighted by Gasteiger charge is 2.08. The third-order valence-corrected chi connectivity index (χ3v) is 3.05. The molecule has 0 atom stereocenters. The van der Waals surface area contributed by atoms with Gasteiger partial charge in [-0.25, -0.2) is 4.98 Å². The zero-order valence-corrected chi connectivity index (χ0v) is 11.7. The first kappa shape index (κ1) is 13.8. The summed E-state index contributed by atoms with van der Waals surface area (Å²) in [6.45, 7) is 1.67. The van der Waals surface area contributed by atoms with Crippen LogP contribution in [0.2, 0.25) is 10.0 Å². The van der Waals surface area contributed by atoms with Gasteiger partial charge in [0, 0.05) is 6.92 Å². The van der Waals surface area contributed by atoms with Crippen molar-refractivity contribution < 1.29 is 9.53 Å². The van der Waals surface area contributed by atoms with Crippen LogP contribution in [0.1, 0.15) is 23.1 Å². The SMILES string of the molecule is CC(=O)c1cccc(COc2c(Cl)cccc2Cl)n1. The molecule has 5 heteroatoms. The molecule has 0 aliphatic heterocycles. The molecule has 0 radical (unpaired) electrons. The van der Waals surface area contributed by atoms with E-state index in [1.807, 2.05) is 0 Å². The van der Waals surface area contributed by atoms with E-state index >= 15 is 0 Å². The van der Waals surface area contributed by atoms with Crippen LogP contribution in [0.4, 0.5) is 0 Å². The van der Waals surface area contributed by atoms with Crippen molar-refractivity contribution in [2.24, 2.45) is 0 Å². The Bertz CT molecular complexity index is 594. The number of para-hydroxylation sites is 1. The Morgan fingerprint density at radius 1 is 1.16 bits per heavy atom. The van der Waals surface area contributed by atoms with Gasteiger partial charge in [-0.2, -0.15) is 0 Å². The highest BCUT2D eigenvalue weighted by atomic mass is 35.5. The Labute approximate surface area is 121 Å². The molecule has 2 aromatic rings. The van der Waals surface area contributed by atoms with Crippen molar-refractivity contribution in [1.82, 2.24) is 4.98 Å². The first-order chi connectivity index (χ1) is 9.08. The first-order valence-electron chi connectivity index (χ1n) is 5.61. The number of Topliss-reactive ketones (excluding diaryl/α,β-unsaturated/α-hetero) is 1. The summed E-state index contributed by atoms with van der Waals surface area (Å²) in [5.41, 5.74) is 1.05. The maximum absolute atomic E-state index is 11.2. The summed E-state index contributed by atoms with van der Waals surface area (Å²) in [6.07, 6.45) is 0. The molecule has 0 N–H and O–H groups in total. The Morgan fingerprint density at radius 2 is 1.79 bits per heavy atom. The van der Waals surface area contributed by atoms with Gasteiger partial charge in [0.25, 0.3) is 0 Å². The summed E-state index contributed by atoms with van der Waals surface area (Å²) in [7, 11) is 0. The highest BCUT2D eigenvalue weighted by molar-refractivity contribution is 6.37. The number of ether oxygens (including phenoxy) is 1. The minimum atomic E-state index is -0.0855. The molecule has 0 saturated carbocycles. The molecule has 2 rings (SSSR count). The Morgan fingerprint density at radius 3 is 2.42 bits per heavy atom. The van der Waals surface area contributed by atoms with Gasteiger partial charge in [0.15, 0.2) is 11.5 Å². The minimum Gasteiger partial charge on any atom is -0.484 e. The predicted octanol–water partition coefficient (Wildman–Crippen LogP) is 4.17. The lowest BCUT2D eigenvalue weighted by Crippen LogP contribution is -2.03. The smallest absolute Gasteiger partial charge is 0.178 e. The van der Waals surface area contributed by atoms with Crippen LogP contribution in [-0.2, 0) is 6.61 Å². The van der Waals surface area contributed by atoms with E-state index in [4.69, 9.17) is 27.9 Å². The van der Waals surface area contributed by atoms with Crippen molar-refractivity contribution >= 4 is 29.0 Å². The summed E-state index contributed by atoms with van der Waals surface area (Å²) in [4.78, 5) is 15.4. The number of ketones is 1. The number of hydrogen-bond acceptors (Lipinski definition) is 3. The highest BCUT2D eigenvalue weighted by Crippen LogP contribution is 2.32. The third kappa shape index (κ3) is 3.46. The molecule has 3 nitrogen and oxygen atoms in total. The lowest BCUT2D eigenvalue weighted by atomic mass is 10.2. The molecule has 0 bridgehead atoms. The predicted molar refractivity (Wildman–Crippen MR) is 75.0 cm³/mol. The summed E-state index contributed by atoms with van der Waals surface area (Å²) >= 11 is 12.0. The summed E-state index contributed by atoms with van der Waals surface area (Å²) in [6, 6.07) is 10.3. The van der Waals surface area contributed by atoms with E-state index < -0.39 is 0 Å². The second-order valence-corrected chi connectivity index (χ2v) is 4.72. The van der Waals surface area contributed by atoms with E-state index in [9.17, 15) is 4.79 Å². The number of rotatable bonds is 4. The number of pyridine rings is 1. The number of benzene rings is 1. The van der Waals surface area contributed by atoms with Crippen LogP contribution < -0.4 is 4.74 Å². The second kappa shape index (κ2) is 6.04. The topological polar surface area (TPSA) is 39.2 Å². The van der Waals surface area contributed by atoms with Crippen LogP contribution in [0.5, 0.6) is 5.75 Å². The molecule has 19 heavy (non-hydrogen) atoms. The number of carbonyl (C=O) groups excluding carboxylic acids is 1. The van der Waals surface area contributed by atoms with E-state index in [1.165, 1.54) is 6.92 Å². The van der Waals surface area contributed by atoms with Gasteiger partial charge in [-0.1, -0.05) is 35.3 Å². The van der Waals surface area contributed by atoms with Crippen molar-refractivity contribution in [3.05, 3.63) is 57.8 Å². The van der Waals surface area contributed by atoms with Crippen LogP contribution in [0, 0.1) is 0 Å². The number of halogens is 2. The molecule has 0 saturated heterocycles. The van der Waals surface area contributed by atoms with Crippen LogP contribution >= 0.6 is 23.2 Å². The Kier molecular flexibility index (Phi) is 4.40. The fourth-order valence-corrected chi connectivity index (χ4v) is 2.03. The Hall–Kier alpha value is -1.58. The van der Waals surface area contributed by atoms with Crippen LogP contribution in [0.25, 0.3) is 0 Å². The van der Waals surface area contributed by atoms with Gasteiger partial charge >= 0.3 is 0 Å².